The van der Waals surface area contributed by atoms with Crippen LogP contribution in [-0.4, -0.2) is 46.6 Å². The first-order valence-corrected chi connectivity index (χ1v) is 9.93. The Labute approximate surface area is 171 Å². The molecule has 29 heavy (non-hydrogen) atoms. The molecule has 7 heteroatoms. The molecule has 1 saturated heterocycles. The smallest absolute Gasteiger partial charge is 0.408 e. The Hall–Kier alpha value is -2.83. The highest BCUT2D eigenvalue weighted by Crippen LogP contribution is 2.30. The number of fused-ring (bicyclic) bond motifs is 1. The van der Waals surface area contributed by atoms with Gasteiger partial charge in [-0.1, -0.05) is 42.5 Å². The van der Waals surface area contributed by atoms with Crippen LogP contribution in [0.3, 0.4) is 0 Å². The Bertz CT molecular complexity index is 784. The normalized spacial score (nSPS) is 23.9. The van der Waals surface area contributed by atoms with Crippen LogP contribution in [0.5, 0.6) is 0 Å². The summed E-state index contributed by atoms with van der Waals surface area (Å²) < 4.78 is 10.7. The number of amides is 2. The second-order valence-electron chi connectivity index (χ2n) is 8.37. The molecule has 0 bridgehead atoms. The van der Waals surface area contributed by atoms with Crippen molar-refractivity contribution in [3.8, 4) is 0 Å². The molecule has 2 heterocycles. The number of nitrogens with one attached hydrogen (secondary N) is 1. The van der Waals surface area contributed by atoms with E-state index in [0.717, 1.165) is 12.0 Å². The molecule has 2 amide bonds. The molecule has 156 valence electrons. The zero-order valence-electron chi connectivity index (χ0n) is 17.1. The van der Waals surface area contributed by atoms with Gasteiger partial charge in [0.25, 0.3) is 0 Å². The average molecular weight is 400 g/mol. The van der Waals surface area contributed by atoms with Gasteiger partial charge in [-0.3, -0.25) is 4.79 Å². The Morgan fingerprint density at radius 1 is 1.17 bits per heavy atom. The van der Waals surface area contributed by atoms with Crippen LogP contribution >= 0.6 is 0 Å². The lowest BCUT2D eigenvalue weighted by Gasteiger charge is -2.30. The van der Waals surface area contributed by atoms with Gasteiger partial charge >= 0.3 is 12.1 Å². The van der Waals surface area contributed by atoms with Gasteiger partial charge in [0, 0.05) is 6.04 Å². The highest BCUT2D eigenvalue weighted by molar-refractivity contribution is 5.92. The molecule has 1 N–H and O–H groups in total. The summed E-state index contributed by atoms with van der Waals surface area (Å²) in [7, 11) is 0. The number of benzene rings is 1. The van der Waals surface area contributed by atoms with E-state index in [1.807, 2.05) is 36.4 Å². The van der Waals surface area contributed by atoms with Crippen LogP contribution in [0.15, 0.2) is 42.5 Å². The lowest BCUT2D eigenvalue weighted by atomic mass is 10.1. The third-order valence-corrected chi connectivity index (χ3v) is 4.93. The van der Waals surface area contributed by atoms with E-state index in [9.17, 15) is 14.4 Å². The second kappa shape index (κ2) is 8.68. The maximum absolute atomic E-state index is 13.1. The van der Waals surface area contributed by atoms with Gasteiger partial charge in [0.1, 0.15) is 24.3 Å². The molecule has 1 aromatic carbocycles. The molecule has 1 unspecified atom stereocenters. The van der Waals surface area contributed by atoms with Gasteiger partial charge in [0.05, 0.1) is 0 Å². The van der Waals surface area contributed by atoms with Gasteiger partial charge in [-0.05, 0) is 45.6 Å². The molecule has 2 aliphatic heterocycles. The lowest BCUT2D eigenvalue weighted by Crippen LogP contribution is -2.53. The number of alkyl carbamates (subject to hydrolysis) is 1. The number of hydrogen-bond donors (Lipinski definition) is 1. The molecule has 1 aromatic rings. The zero-order chi connectivity index (χ0) is 21.0. The van der Waals surface area contributed by atoms with Crippen LogP contribution in [-0.2, 0) is 25.7 Å². The van der Waals surface area contributed by atoms with Crippen LogP contribution in [0.1, 0.15) is 45.6 Å². The number of carbonyl (C=O) groups is 3. The van der Waals surface area contributed by atoms with Crippen molar-refractivity contribution in [2.24, 2.45) is 0 Å². The van der Waals surface area contributed by atoms with Crippen LogP contribution in [0.4, 0.5) is 4.79 Å². The SMILES string of the molecule is CC(C)(C)OC(=O)N[C@H]1C=CCC2CC[C@@H](C(=O)OCc3ccccc3)N2C1=O. The zero-order valence-corrected chi connectivity index (χ0v) is 17.1. The summed E-state index contributed by atoms with van der Waals surface area (Å²) in [5, 5.41) is 2.60. The highest BCUT2D eigenvalue weighted by atomic mass is 16.6. The topological polar surface area (TPSA) is 84.9 Å². The first-order chi connectivity index (χ1) is 13.7. The molecule has 0 saturated carbocycles. The summed E-state index contributed by atoms with van der Waals surface area (Å²) in [6.45, 7) is 5.44. The highest BCUT2D eigenvalue weighted by Gasteiger charge is 2.44. The van der Waals surface area contributed by atoms with E-state index in [2.05, 4.69) is 5.32 Å². The van der Waals surface area contributed by atoms with E-state index in [1.54, 1.807) is 31.7 Å². The molecule has 3 atom stereocenters. The van der Waals surface area contributed by atoms with E-state index in [1.165, 1.54) is 0 Å². The Morgan fingerprint density at radius 3 is 2.59 bits per heavy atom. The first-order valence-electron chi connectivity index (χ1n) is 9.93. The number of esters is 1. The number of rotatable bonds is 4. The fourth-order valence-electron chi connectivity index (χ4n) is 3.66. The predicted octanol–water partition coefficient (Wildman–Crippen LogP) is 2.94. The van der Waals surface area contributed by atoms with Crippen molar-refractivity contribution in [2.75, 3.05) is 0 Å². The predicted molar refractivity (Wildman–Crippen MR) is 107 cm³/mol. The standard InChI is InChI=1S/C22H28N2O5/c1-22(2,3)29-21(27)23-17-11-7-10-16-12-13-18(24(16)19(17)25)20(26)28-14-15-8-5-4-6-9-15/h4-9,11,16-18H,10,12-14H2,1-3H3,(H,23,27)/t16?,17-,18-/m0/s1. The number of carbonyl (C=O) groups excluding carboxylic acids is 3. The third kappa shape index (κ3) is 5.37. The van der Waals surface area contributed by atoms with Gasteiger partial charge in [-0.25, -0.2) is 9.59 Å². The van der Waals surface area contributed by atoms with Crippen molar-refractivity contribution in [2.45, 2.75) is 70.4 Å². The molecule has 0 aliphatic carbocycles. The lowest BCUT2D eigenvalue weighted by molar-refractivity contribution is -0.155. The van der Waals surface area contributed by atoms with Gasteiger partial charge in [0.15, 0.2) is 0 Å². The molecule has 7 nitrogen and oxygen atoms in total. The van der Waals surface area contributed by atoms with Crippen LogP contribution in [0.25, 0.3) is 0 Å². The molecule has 2 aliphatic rings. The molecule has 0 spiro atoms. The molecule has 3 rings (SSSR count). The maximum Gasteiger partial charge on any atom is 0.408 e. The monoisotopic (exact) mass is 400 g/mol. The Morgan fingerprint density at radius 2 is 1.90 bits per heavy atom. The van der Waals surface area contributed by atoms with Crippen molar-refractivity contribution in [1.29, 1.82) is 0 Å². The minimum Gasteiger partial charge on any atom is -0.459 e. The Balaban J connectivity index is 1.66. The van der Waals surface area contributed by atoms with E-state index < -0.39 is 29.7 Å². The summed E-state index contributed by atoms with van der Waals surface area (Å²) in [6, 6.07) is 7.85. The van der Waals surface area contributed by atoms with E-state index in [4.69, 9.17) is 9.47 Å². The number of hydrogen-bond acceptors (Lipinski definition) is 5. The number of ether oxygens (including phenoxy) is 2. The molecule has 0 aromatic heterocycles. The van der Waals surface area contributed by atoms with Crippen LogP contribution < -0.4 is 5.32 Å². The maximum atomic E-state index is 13.1. The molecule has 1 fully saturated rings. The van der Waals surface area contributed by atoms with E-state index >= 15 is 0 Å². The van der Waals surface area contributed by atoms with Crippen molar-refractivity contribution in [3.05, 3.63) is 48.0 Å². The largest absolute Gasteiger partial charge is 0.459 e. The molecular weight excluding hydrogens is 372 g/mol. The Kier molecular flexibility index (Phi) is 6.25. The van der Waals surface area contributed by atoms with E-state index in [-0.39, 0.29) is 18.6 Å². The second-order valence-corrected chi connectivity index (χ2v) is 8.37. The fraction of sp³-hybridized carbons (Fsp3) is 0.500. The van der Waals surface area contributed by atoms with Gasteiger partial charge in [0.2, 0.25) is 5.91 Å². The van der Waals surface area contributed by atoms with Crippen molar-refractivity contribution >= 4 is 18.0 Å². The van der Waals surface area contributed by atoms with Gasteiger partial charge in [-0.2, -0.15) is 0 Å². The number of nitrogens with zero attached hydrogens (tertiary/aromatic N) is 1. The summed E-state index contributed by atoms with van der Waals surface area (Å²) in [4.78, 5) is 39.5. The summed E-state index contributed by atoms with van der Waals surface area (Å²) in [5.41, 5.74) is 0.227. The summed E-state index contributed by atoms with van der Waals surface area (Å²) in [6.07, 6.45) is 4.79. The van der Waals surface area contributed by atoms with Crippen molar-refractivity contribution < 1.29 is 23.9 Å². The molecular formula is C22H28N2O5. The third-order valence-electron chi connectivity index (χ3n) is 4.93. The minimum absolute atomic E-state index is 0.0709. The summed E-state index contributed by atoms with van der Waals surface area (Å²) in [5.74, 6) is -0.726. The first kappa shape index (κ1) is 20.9. The van der Waals surface area contributed by atoms with Crippen molar-refractivity contribution in [3.63, 3.8) is 0 Å². The summed E-state index contributed by atoms with van der Waals surface area (Å²) >= 11 is 0. The van der Waals surface area contributed by atoms with Crippen LogP contribution in [0, 0.1) is 0 Å². The van der Waals surface area contributed by atoms with Crippen LogP contribution in [0.2, 0.25) is 0 Å². The van der Waals surface area contributed by atoms with Crippen molar-refractivity contribution in [1.82, 2.24) is 10.2 Å². The fourth-order valence-corrected chi connectivity index (χ4v) is 3.66. The molecule has 0 radical (unpaired) electrons. The minimum atomic E-state index is -0.864. The van der Waals surface area contributed by atoms with E-state index in [0.29, 0.717) is 12.8 Å². The van der Waals surface area contributed by atoms with Gasteiger partial charge < -0.3 is 19.7 Å². The van der Waals surface area contributed by atoms with Gasteiger partial charge in [-0.15, -0.1) is 0 Å². The average Bonchev–Trinajstić information content (AvgIpc) is 3.01. The quantitative estimate of drug-likeness (QED) is 0.620.